The van der Waals surface area contributed by atoms with Gasteiger partial charge in [0.1, 0.15) is 11.6 Å². The van der Waals surface area contributed by atoms with E-state index in [1.54, 1.807) is 0 Å². The van der Waals surface area contributed by atoms with Crippen LogP contribution in [-0.4, -0.2) is 29.6 Å². The lowest BCUT2D eigenvalue weighted by Gasteiger charge is -2.39. The number of piperidine rings is 1. The zero-order valence-electron chi connectivity index (χ0n) is 12.6. The first-order chi connectivity index (χ1) is 8.93. The molecule has 1 aliphatic heterocycles. The first-order valence-corrected chi connectivity index (χ1v) is 7.24. The van der Waals surface area contributed by atoms with E-state index in [9.17, 15) is 0 Å². The molecular formula is C15H26N4. The lowest BCUT2D eigenvalue weighted by Crippen LogP contribution is -2.42. The third kappa shape index (κ3) is 3.24. The largest absolute Gasteiger partial charge is 0.356 e. The molecule has 0 amide bonds. The highest BCUT2D eigenvalue weighted by molar-refractivity contribution is 5.40. The average Bonchev–Trinajstić information content (AvgIpc) is 2.39. The highest BCUT2D eigenvalue weighted by atomic mass is 15.2. The van der Waals surface area contributed by atoms with Crippen LogP contribution in [0.4, 0.5) is 5.82 Å². The summed E-state index contributed by atoms with van der Waals surface area (Å²) >= 11 is 0. The number of hydrogen-bond acceptors (Lipinski definition) is 4. The lowest BCUT2D eigenvalue weighted by molar-refractivity contribution is 0.258. The van der Waals surface area contributed by atoms with E-state index < -0.39 is 0 Å². The summed E-state index contributed by atoms with van der Waals surface area (Å²) in [6.45, 7) is 11.5. The molecule has 2 heterocycles. The molecule has 106 valence electrons. The Bertz CT molecular complexity index is 434. The summed E-state index contributed by atoms with van der Waals surface area (Å²) in [7, 11) is 0. The molecule has 1 aromatic rings. The van der Waals surface area contributed by atoms with Crippen LogP contribution in [0, 0.1) is 12.3 Å². The number of nitrogens with zero attached hydrogens (tertiary/aromatic N) is 3. The highest BCUT2D eigenvalue weighted by Gasteiger charge is 2.29. The van der Waals surface area contributed by atoms with E-state index in [4.69, 9.17) is 10.7 Å². The molecule has 1 fully saturated rings. The number of anilines is 1. The third-order valence-electron chi connectivity index (χ3n) is 4.16. The van der Waals surface area contributed by atoms with Gasteiger partial charge in [-0.1, -0.05) is 20.8 Å². The van der Waals surface area contributed by atoms with Gasteiger partial charge in [-0.05, 0) is 31.7 Å². The maximum absolute atomic E-state index is 5.87. The van der Waals surface area contributed by atoms with Crippen LogP contribution in [0.2, 0.25) is 0 Å². The van der Waals surface area contributed by atoms with Crippen LogP contribution in [0.3, 0.4) is 0 Å². The predicted molar refractivity (Wildman–Crippen MR) is 79.5 cm³/mol. The SMILES string of the molecule is Cc1cc(N2CCC(C)(CN)CC2)nc(C(C)C)n1. The second kappa shape index (κ2) is 5.45. The average molecular weight is 262 g/mol. The summed E-state index contributed by atoms with van der Waals surface area (Å²) in [5.74, 6) is 2.40. The molecular weight excluding hydrogens is 236 g/mol. The maximum Gasteiger partial charge on any atom is 0.133 e. The molecule has 2 rings (SSSR count). The molecule has 1 aromatic heterocycles. The van der Waals surface area contributed by atoms with Crippen molar-refractivity contribution in [3.8, 4) is 0 Å². The van der Waals surface area contributed by atoms with Crippen LogP contribution in [0.5, 0.6) is 0 Å². The van der Waals surface area contributed by atoms with E-state index in [0.29, 0.717) is 11.3 Å². The van der Waals surface area contributed by atoms with Crippen molar-refractivity contribution in [1.29, 1.82) is 0 Å². The van der Waals surface area contributed by atoms with Crippen LogP contribution in [0.25, 0.3) is 0 Å². The van der Waals surface area contributed by atoms with Crippen LogP contribution in [-0.2, 0) is 0 Å². The maximum atomic E-state index is 5.87. The minimum absolute atomic E-state index is 0.305. The van der Waals surface area contributed by atoms with Gasteiger partial charge in [-0.15, -0.1) is 0 Å². The Balaban J connectivity index is 2.15. The minimum Gasteiger partial charge on any atom is -0.356 e. The zero-order chi connectivity index (χ0) is 14.0. The van der Waals surface area contributed by atoms with Crippen LogP contribution < -0.4 is 10.6 Å². The van der Waals surface area contributed by atoms with Crippen molar-refractivity contribution in [3.05, 3.63) is 17.6 Å². The summed E-state index contributed by atoms with van der Waals surface area (Å²) in [5, 5.41) is 0. The monoisotopic (exact) mass is 262 g/mol. The summed E-state index contributed by atoms with van der Waals surface area (Å²) in [5.41, 5.74) is 7.23. The molecule has 1 aliphatic rings. The summed E-state index contributed by atoms with van der Waals surface area (Å²) < 4.78 is 0. The van der Waals surface area contributed by atoms with Crippen molar-refractivity contribution in [2.45, 2.75) is 46.5 Å². The standard InChI is InChI=1S/C15H26N4/c1-11(2)14-17-12(3)9-13(18-14)19-7-5-15(4,10-16)6-8-19/h9,11H,5-8,10,16H2,1-4H3. The molecule has 0 saturated carbocycles. The van der Waals surface area contributed by atoms with Crippen LogP contribution in [0.1, 0.15) is 51.0 Å². The van der Waals surface area contributed by atoms with Crippen LogP contribution in [0.15, 0.2) is 6.07 Å². The van der Waals surface area contributed by atoms with E-state index in [0.717, 1.165) is 49.8 Å². The van der Waals surface area contributed by atoms with Gasteiger partial charge in [-0.2, -0.15) is 0 Å². The fraction of sp³-hybridized carbons (Fsp3) is 0.733. The lowest BCUT2D eigenvalue weighted by atomic mass is 9.80. The first-order valence-electron chi connectivity index (χ1n) is 7.24. The van der Waals surface area contributed by atoms with Gasteiger partial charge >= 0.3 is 0 Å². The fourth-order valence-electron chi connectivity index (χ4n) is 2.47. The summed E-state index contributed by atoms with van der Waals surface area (Å²) in [4.78, 5) is 11.6. The normalized spacial score (nSPS) is 18.9. The van der Waals surface area contributed by atoms with Crippen molar-refractivity contribution in [2.24, 2.45) is 11.1 Å². The van der Waals surface area contributed by atoms with Gasteiger partial charge in [0.2, 0.25) is 0 Å². The Hall–Kier alpha value is -1.16. The van der Waals surface area contributed by atoms with Crippen molar-refractivity contribution in [1.82, 2.24) is 9.97 Å². The van der Waals surface area contributed by atoms with E-state index in [1.807, 2.05) is 6.92 Å². The molecule has 0 bridgehead atoms. The Morgan fingerprint density at radius 1 is 1.32 bits per heavy atom. The van der Waals surface area contributed by atoms with Crippen molar-refractivity contribution in [2.75, 3.05) is 24.5 Å². The molecule has 0 aliphatic carbocycles. The molecule has 0 radical (unpaired) electrons. The second-order valence-electron chi connectivity index (χ2n) is 6.38. The van der Waals surface area contributed by atoms with E-state index in [2.05, 4.69) is 36.7 Å². The summed E-state index contributed by atoms with van der Waals surface area (Å²) in [6, 6.07) is 2.09. The van der Waals surface area contributed by atoms with Gasteiger partial charge in [0.25, 0.3) is 0 Å². The smallest absolute Gasteiger partial charge is 0.133 e. The van der Waals surface area contributed by atoms with Gasteiger partial charge in [0, 0.05) is 30.8 Å². The van der Waals surface area contributed by atoms with E-state index in [-0.39, 0.29) is 0 Å². The fourth-order valence-corrected chi connectivity index (χ4v) is 2.47. The molecule has 4 nitrogen and oxygen atoms in total. The Morgan fingerprint density at radius 3 is 2.47 bits per heavy atom. The number of rotatable bonds is 3. The number of aryl methyl sites for hydroxylation is 1. The zero-order valence-corrected chi connectivity index (χ0v) is 12.6. The molecule has 1 saturated heterocycles. The number of aromatic nitrogens is 2. The molecule has 2 N–H and O–H groups in total. The molecule has 0 unspecified atom stereocenters. The van der Waals surface area contributed by atoms with Gasteiger partial charge in [0.15, 0.2) is 0 Å². The molecule has 0 atom stereocenters. The quantitative estimate of drug-likeness (QED) is 0.909. The second-order valence-corrected chi connectivity index (χ2v) is 6.38. The first kappa shape index (κ1) is 14.3. The number of nitrogens with two attached hydrogens (primary N) is 1. The Morgan fingerprint density at radius 2 is 1.95 bits per heavy atom. The molecule has 0 aromatic carbocycles. The van der Waals surface area contributed by atoms with Crippen molar-refractivity contribution >= 4 is 5.82 Å². The Labute approximate surface area is 116 Å². The van der Waals surface area contributed by atoms with Gasteiger partial charge in [-0.25, -0.2) is 9.97 Å². The summed E-state index contributed by atoms with van der Waals surface area (Å²) in [6.07, 6.45) is 2.28. The van der Waals surface area contributed by atoms with Gasteiger partial charge < -0.3 is 10.6 Å². The minimum atomic E-state index is 0.305. The van der Waals surface area contributed by atoms with E-state index >= 15 is 0 Å². The van der Waals surface area contributed by atoms with Gasteiger partial charge in [-0.3, -0.25) is 0 Å². The molecule has 4 heteroatoms. The predicted octanol–water partition coefficient (Wildman–Crippen LogP) is 2.47. The third-order valence-corrected chi connectivity index (χ3v) is 4.16. The van der Waals surface area contributed by atoms with Crippen LogP contribution >= 0.6 is 0 Å². The van der Waals surface area contributed by atoms with Crippen molar-refractivity contribution < 1.29 is 0 Å². The topological polar surface area (TPSA) is 55.0 Å². The number of hydrogen-bond donors (Lipinski definition) is 1. The Kier molecular flexibility index (Phi) is 4.09. The van der Waals surface area contributed by atoms with Crippen molar-refractivity contribution in [3.63, 3.8) is 0 Å². The van der Waals surface area contributed by atoms with Gasteiger partial charge in [0.05, 0.1) is 0 Å². The molecule has 19 heavy (non-hydrogen) atoms. The molecule has 0 spiro atoms. The van der Waals surface area contributed by atoms with E-state index in [1.165, 1.54) is 0 Å². The highest BCUT2D eigenvalue weighted by Crippen LogP contribution is 2.31.